The standard InChI is InChI=1S/C33H43F3O/c1-3-5-7-9-10-11-12-16-26-18-20-27(21-19-26)33(36)24-14-13-17-29(33)28-22-23-30(32(35)31(28)34)37-25-15-8-6-4-2/h13-14,17-23H,3-12,15-16,24-25H2,1-2H3. The average Bonchev–Trinajstić information content (AvgIpc) is 2.91. The van der Waals surface area contributed by atoms with Crippen LogP contribution in [0.25, 0.3) is 5.57 Å². The number of aryl methyl sites for hydroxylation is 1. The van der Waals surface area contributed by atoms with Crippen LogP contribution in [-0.2, 0) is 12.1 Å². The molecule has 202 valence electrons. The van der Waals surface area contributed by atoms with E-state index in [2.05, 4.69) is 13.8 Å². The van der Waals surface area contributed by atoms with Crippen LogP contribution in [0.1, 0.15) is 108 Å². The third-order valence-corrected chi connectivity index (χ3v) is 7.30. The fraction of sp³-hybridized carbons (Fsp3) is 0.515. The van der Waals surface area contributed by atoms with Gasteiger partial charge < -0.3 is 4.74 Å². The van der Waals surface area contributed by atoms with Crippen LogP contribution in [0.3, 0.4) is 0 Å². The van der Waals surface area contributed by atoms with Crippen LogP contribution >= 0.6 is 0 Å². The number of ether oxygens (including phenoxy) is 1. The second-order valence-corrected chi connectivity index (χ2v) is 10.2. The largest absolute Gasteiger partial charge is 0.490 e. The van der Waals surface area contributed by atoms with Crippen LogP contribution in [0.5, 0.6) is 5.75 Å². The first-order valence-corrected chi connectivity index (χ1v) is 14.3. The highest BCUT2D eigenvalue weighted by Crippen LogP contribution is 2.46. The molecule has 1 atom stereocenters. The summed E-state index contributed by atoms with van der Waals surface area (Å²) in [4.78, 5) is 0. The molecule has 0 spiro atoms. The van der Waals surface area contributed by atoms with Gasteiger partial charge in [-0.1, -0.05) is 114 Å². The van der Waals surface area contributed by atoms with Crippen molar-refractivity contribution >= 4 is 5.57 Å². The highest BCUT2D eigenvalue weighted by molar-refractivity contribution is 5.77. The first kappa shape index (κ1) is 29.1. The Morgan fingerprint density at radius 2 is 1.41 bits per heavy atom. The minimum atomic E-state index is -1.93. The molecule has 0 N–H and O–H groups in total. The van der Waals surface area contributed by atoms with Crippen molar-refractivity contribution in [3.8, 4) is 5.75 Å². The minimum absolute atomic E-state index is 0.0603. The van der Waals surface area contributed by atoms with Crippen LogP contribution < -0.4 is 4.74 Å². The molecule has 1 nitrogen and oxygen atoms in total. The number of allylic oxidation sites excluding steroid dienone is 4. The van der Waals surface area contributed by atoms with Crippen LogP contribution in [0.15, 0.2) is 54.6 Å². The zero-order chi connectivity index (χ0) is 26.5. The molecule has 1 unspecified atom stereocenters. The van der Waals surface area contributed by atoms with Crippen molar-refractivity contribution in [1.29, 1.82) is 0 Å². The van der Waals surface area contributed by atoms with E-state index < -0.39 is 17.3 Å². The van der Waals surface area contributed by atoms with Crippen molar-refractivity contribution in [3.05, 3.63) is 83.0 Å². The van der Waals surface area contributed by atoms with Gasteiger partial charge in [0.05, 0.1) is 6.61 Å². The number of alkyl halides is 1. The van der Waals surface area contributed by atoms with Crippen LogP contribution in [0.2, 0.25) is 0 Å². The number of hydrogen-bond donors (Lipinski definition) is 0. The Kier molecular flexibility index (Phi) is 11.8. The van der Waals surface area contributed by atoms with Crippen molar-refractivity contribution in [2.75, 3.05) is 6.61 Å². The van der Waals surface area contributed by atoms with Crippen molar-refractivity contribution in [2.24, 2.45) is 0 Å². The van der Waals surface area contributed by atoms with Gasteiger partial charge in [-0.25, -0.2) is 8.78 Å². The summed E-state index contributed by atoms with van der Waals surface area (Å²) < 4.78 is 52.1. The molecule has 0 saturated heterocycles. The first-order valence-electron chi connectivity index (χ1n) is 14.3. The van der Waals surface area contributed by atoms with Gasteiger partial charge >= 0.3 is 0 Å². The van der Waals surface area contributed by atoms with Gasteiger partial charge in [0.1, 0.15) is 0 Å². The first-order chi connectivity index (χ1) is 18.0. The lowest BCUT2D eigenvalue weighted by molar-refractivity contribution is 0.248. The van der Waals surface area contributed by atoms with Gasteiger partial charge in [-0.05, 0) is 42.5 Å². The molecule has 3 rings (SSSR count). The van der Waals surface area contributed by atoms with Crippen LogP contribution in [0, 0.1) is 11.6 Å². The van der Waals surface area contributed by atoms with Gasteiger partial charge in [0.25, 0.3) is 0 Å². The zero-order valence-electron chi connectivity index (χ0n) is 22.6. The molecule has 4 heteroatoms. The lowest BCUT2D eigenvalue weighted by Crippen LogP contribution is -2.24. The summed E-state index contributed by atoms with van der Waals surface area (Å²) in [5.41, 5.74) is -0.212. The quantitative estimate of drug-likeness (QED) is 0.203. The van der Waals surface area contributed by atoms with E-state index in [9.17, 15) is 4.39 Å². The smallest absolute Gasteiger partial charge is 0.201 e. The summed E-state index contributed by atoms with van der Waals surface area (Å²) in [5.74, 6) is -2.25. The molecule has 0 fully saturated rings. The Morgan fingerprint density at radius 3 is 2.11 bits per heavy atom. The molecule has 1 aliphatic carbocycles. The number of rotatable bonds is 16. The van der Waals surface area contributed by atoms with Gasteiger partial charge in [0.2, 0.25) is 5.82 Å². The molecular formula is C33H43F3O. The molecule has 0 aromatic heterocycles. The maximum Gasteiger partial charge on any atom is 0.201 e. The van der Waals surface area contributed by atoms with Crippen LogP contribution in [0.4, 0.5) is 13.2 Å². The van der Waals surface area contributed by atoms with E-state index in [0.717, 1.165) is 38.5 Å². The zero-order valence-corrected chi connectivity index (χ0v) is 22.6. The normalized spacial score (nSPS) is 17.2. The minimum Gasteiger partial charge on any atom is -0.490 e. The summed E-state index contributed by atoms with van der Waals surface area (Å²) in [5, 5.41) is 0. The summed E-state index contributed by atoms with van der Waals surface area (Å²) in [6, 6.07) is 10.4. The number of hydrogen-bond acceptors (Lipinski definition) is 1. The van der Waals surface area contributed by atoms with Crippen molar-refractivity contribution in [2.45, 2.75) is 103 Å². The SMILES string of the molecule is CCCCCCCCCc1ccc(C2(F)CC=CC=C2c2ccc(OCCCCCC)c(F)c2F)cc1. The van der Waals surface area contributed by atoms with Gasteiger partial charge in [-0.2, -0.15) is 4.39 Å². The number of halogens is 3. The fourth-order valence-corrected chi connectivity index (χ4v) is 5.00. The Bertz CT molecular complexity index is 1020. The predicted molar refractivity (Wildman–Crippen MR) is 149 cm³/mol. The van der Waals surface area contributed by atoms with E-state index in [1.165, 1.54) is 56.2 Å². The Labute approximate surface area is 221 Å². The Morgan fingerprint density at radius 1 is 0.757 bits per heavy atom. The van der Waals surface area contributed by atoms with Gasteiger partial charge in [0, 0.05) is 17.6 Å². The lowest BCUT2D eigenvalue weighted by Gasteiger charge is -2.30. The van der Waals surface area contributed by atoms with E-state index >= 15 is 8.78 Å². The molecular weight excluding hydrogens is 469 g/mol. The summed E-state index contributed by atoms with van der Waals surface area (Å²) >= 11 is 0. The van der Waals surface area contributed by atoms with Crippen molar-refractivity contribution < 1.29 is 17.9 Å². The second kappa shape index (κ2) is 15.1. The molecule has 0 aliphatic heterocycles. The van der Waals surface area contributed by atoms with Gasteiger partial charge in [0.15, 0.2) is 17.2 Å². The Hall–Kier alpha value is -2.49. The topological polar surface area (TPSA) is 9.23 Å². The maximum atomic E-state index is 16.5. The molecule has 2 aromatic rings. The van der Waals surface area contributed by atoms with E-state index in [0.29, 0.717) is 12.2 Å². The molecule has 37 heavy (non-hydrogen) atoms. The number of unbranched alkanes of at least 4 members (excludes halogenated alkanes) is 9. The highest BCUT2D eigenvalue weighted by Gasteiger charge is 2.39. The molecule has 2 aromatic carbocycles. The van der Waals surface area contributed by atoms with Gasteiger partial charge in [-0.3, -0.25) is 0 Å². The van der Waals surface area contributed by atoms with Crippen molar-refractivity contribution in [1.82, 2.24) is 0 Å². The third-order valence-electron chi connectivity index (χ3n) is 7.30. The Balaban J connectivity index is 1.67. The molecule has 0 heterocycles. The number of benzene rings is 2. The lowest BCUT2D eigenvalue weighted by atomic mass is 9.78. The summed E-state index contributed by atoms with van der Waals surface area (Å²) in [7, 11) is 0. The molecule has 1 aliphatic rings. The van der Waals surface area contributed by atoms with E-state index in [1.54, 1.807) is 30.4 Å². The summed E-state index contributed by atoms with van der Waals surface area (Å²) in [6.07, 6.45) is 18.8. The predicted octanol–water partition coefficient (Wildman–Crippen LogP) is 10.4. The monoisotopic (exact) mass is 512 g/mol. The third kappa shape index (κ3) is 7.99. The summed E-state index contributed by atoms with van der Waals surface area (Å²) in [6.45, 7) is 4.67. The second-order valence-electron chi connectivity index (χ2n) is 10.2. The average molecular weight is 513 g/mol. The molecule has 0 radical (unpaired) electrons. The fourth-order valence-electron chi connectivity index (χ4n) is 5.00. The molecule has 0 saturated carbocycles. The van der Waals surface area contributed by atoms with Gasteiger partial charge in [-0.15, -0.1) is 0 Å². The van der Waals surface area contributed by atoms with E-state index in [4.69, 9.17) is 4.74 Å². The molecule has 0 bridgehead atoms. The highest BCUT2D eigenvalue weighted by atomic mass is 19.2. The molecule has 0 amide bonds. The van der Waals surface area contributed by atoms with Crippen LogP contribution in [-0.4, -0.2) is 6.61 Å². The van der Waals surface area contributed by atoms with Crippen molar-refractivity contribution in [3.63, 3.8) is 0 Å². The van der Waals surface area contributed by atoms with E-state index in [1.807, 2.05) is 12.1 Å². The maximum absolute atomic E-state index is 16.5. The van der Waals surface area contributed by atoms with E-state index in [-0.39, 0.29) is 23.3 Å².